The molecule has 0 bridgehead atoms. The van der Waals surface area contributed by atoms with Crippen molar-refractivity contribution in [3.05, 3.63) is 66.7 Å². The van der Waals surface area contributed by atoms with Crippen molar-refractivity contribution >= 4 is 11.7 Å². The predicted octanol–water partition coefficient (Wildman–Crippen LogP) is 2.42. The van der Waals surface area contributed by atoms with Crippen LogP contribution in [0.3, 0.4) is 0 Å². The van der Waals surface area contributed by atoms with E-state index in [4.69, 9.17) is 0 Å². The third kappa shape index (κ3) is 4.39. The van der Waals surface area contributed by atoms with E-state index in [0.29, 0.717) is 18.2 Å². The Kier molecular flexibility index (Phi) is 5.14. The van der Waals surface area contributed by atoms with Crippen LogP contribution >= 0.6 is 0 Å². The summed E-state index contributed by atoms with van der Waals surface area (Å²) in [6.45, 7) is 0.608. The molecular formula is C17H18N6O. The smallest absolute Gasteiger partial charge is 0.319 e. The number of benzene rings is 1. The molecule has 0 saturated heterocycles. The van der Waals surface area contributed by atoms with Crippen LogP contribution in [0.1, 0.15) is 12.0 Å². The molecule has 0 fully saturated rings. The zero-order valence-corrected chi connectivity index (χ0v) is 13.1. The maximum absolute atomic E-state index is 11.9. The minimum absolute atomic E-state index is 0.253. The topological polar surface area (TPSA) is 84.7 Å². The first-order chi connectivity index (χ1) is 11.8. The molecule has 24 heavy (non-hydrogen) atoms. The van der Waals surface area contributed by atoms with Gasteiger partial charge in [-0.15, -0.1) is 0 Å². The van der Waals surface area contributed by atoms with Gasteiger partial charge in [-0.25, -0.2) is 19.4 Å². The van der Waals surface area contributed by atoms with E-state index in [-0.39, 0.29) is 6.03 Å². The van der Waals surface area contributed by atoms with E-state index < -0.39 is 0 Å². The van der Waals surface area contributed by atoms with Gasteiger partial charge < -0.3 is 10.6 Å². The Hall–Kier alpha value is -3.22. The first-order valence-electron chi connectivity index (χ1n) is 7.72. The standard InChI is InChI=1S/C17H18N6O/c24-17(20-9-4-8-14-6-2-1-3-7-14)22-15-12-21-23(13-15)16-18-10-5-11-19-16/h1-3,5-7,10-13H,4,8-9H2,(H2,20,22,24). The number of rotatable bonds is 6. The maximum Gasteiger partial charge on any atom is 0.319 e. The van der Waals surface area contributed by atoms with Crippen molar-refractivity contribution in [1.29, 1.82) is 0 Å². The normalized spacial score (nSPS) is 10.3. The van der Waals surface area contributed by atoms with Crippen LogP contribution < -0.4 is 10.6 Å². The lowest BCUT2D eigenvalue weighted by molar-refractivity contribution is 0.252. The highest BCUT2D eigenvalue weighted by Crippen LogP contribution is 2.07. The molecule has 2 aromatic heterocycles. The Bertz CT molecular complexity index is 772. The number of amides is 2. The number of nitrogens with one attached hydrogen (secondary N) is 2. The van der Waals surface area contributed by atoms with Crippen LogP contribution in [0, 0.1) is 0 Å². The van der Waals surface area contributed by atoms with Crippen LogP contribution in [-0.4, -0.2) is 32.3 Å². The zero-order chi connectivity index (χ0) is 16.6. The Morgan fingerprint density at radius 1 is 1.08 bits per heavy atom. The molecule has 3 rings (SSSR count). The number of aryl methyl sites for hydroxylation is 1. The summed E-state index contributed by atoms with van der Waals surface area (Å²) < 4.78 is 1.50. The van der Waals surface area contributed by atoms with Crippen LogP contribution in [0.25, 0.3) is 5.95 Å². The molecule has 2 N–H and O–H groups in total. The number of anilines is 1. The summed E-state index contributed by atoms with van der Waals surface area (Å²) in [5.41, 5.74) is 1.85. The number of urea groups is 1. The van der Waals surface area contributed by atoms with Gasteiger partial charge in [0.25, 0.3) is 0 Å². The molecule has 2 amide bonds. The molecule has 3 aromatic rings. The van der Waals surface area contributed by atoms with Gasteiger partial charge in [-0.3, -0.25) is 0 Å². The molecule has 7 heteroatoms. The minimum Gasteiger partial charge on any atom is -0.338 e. The van der Waals surface area contributed by atoms with E-state index in [1.165, 1.54) is 10.2 Å². The summed E-state index contributed by atoms with van der Waals surface area (Å²) in [7, 11) is 0. The molecule has 0 atom stereocenters. The summed E-state index contributed by atoms with van der Waals surface area (Å²) in [6, 6.07) is 11.7. The predicted molar refractivity (Wildman–Crippen MR) is 90.9 cm³/mol. The number of carbonyl (C=O) groups excluding carboxylic acids is 1. The lowest BCUT2D eigenvalue weighted by Crippen LogP contribution is -2.29. The molecule has 2 heterocycles. The average Bonchev–Trinajstić information content (AvgIpc) is 3.09. The summed E-state index contributed by atoms with van der Waals surface area (Å²) in [5.74, 6) is 0.453. The summed E-state index contributed by atoms with van der Waals surface area (Å²) >= 11 is 0. The van der Waals surface area contributed by atoms with Gasteiger partial charge in [0.15, 0.2) is 0 Å². The van der Waals surface area contributed by atoms with Crippen LogP contribution in [0.15, 0.2) is 61.2 Å². The van der Waals surface area contributed by atoms with E-state index in [1.54, 1.807) is 30.9 Å². The number of hydrogen-bond donors (Lipinski definition) is 2. The summed E-state index contributed by atoms with van der Waals surface area (Å²) in [6.07, 6.45) is 8.31. The van der Waals surface area contributed by atoms with Gasteiger partial charge in [0.05, 0.1) is 18.1 Å². The van der Waals surface area contributed by atoms with Crippen molar-refractivity contribution in [3.63, 3.8) is 0 Å². The van der Waals surface area contributed by atoms with E-state index in [9.17, 15) is 4.79 Å². The first kappa shape index (κ1) is 15.7. The lowest BCUT2D eigenvalue weighted by Gasteiger charge is -2.06. The first-order valence-corrected chi connectivity index (χ1v) is 7.72. The molecule has 122 valence electrons. The molecule has 1 aromatic carbocycles. The number of nitrogens with zero attached hydrogens (tertiary/aromatic N) is 4. The average molecular weight is 322 g/mol. The highest BCUT2D eigenvalue weighted by molar-refractivity contribution is 5.88. The van der Waals surface area contributed by atoms with Gasteiger partial charge in [-0.2, -0.15) is 5.10 Å². The highest BCUT2D eigenvalue weighted by atomic mass is 16.2. The van der Waals surface area contributed by atoms with Crippen LogP contribution in [-0.2, 0) is 6.42 Å². The van der Waals surface area contributed by atoms with Crippen molar-refractivity contribution < 1.29 is 4.79 Å². The maximum atomic E-state index is 11.9. The molecule has 0 aliphatic carbocycles. The second kappa shape index (κ2) is 7.87. The van der Waals surface area contributed by atoms with Gasteiger partial charge in [0, 0.05) is 18.9 Å². The van der Waals surface area contributed by atoms with Crippen molar-refractivity contribution in [1.82, 2.24) is 25.1 Å². The van der Waals surface area contributed by atoms with Gasteiger partial charge in [0.2, 0.25) is 5.95 Å². The molecule has 7 nitrogen and oxygen atoms in total. The van der Waals surface area contributed by atoms with Crippen LogP contribution in [0.5, 0.6) is 0 Å². The fraction of sp³-hybridized carbons (Fsp3) is 0.176. The lowest BCUT2D eigenvalue weighted by atomic mass is 10.1. The number of aromatic nitrogens is 4. The Morgan fingerprint density at radius 3 is 2.67 bits per heavy atom. The van der Waals surface area contributed by atoms with E-state index in [2.05, 4.69) is 37.8 Å². The largest absolute Gasteiger partial charge is 0.338 e. The fourth-order valence-electron chi connectivity index (χ4n) is 2.22. The highest BCUT2D eigenvalue weighted by Gasteiger charge is 2.06. The zero-order valence-electron chi connectivity index (χ0n) is 13.1. The summed E-state index contributed by atoms with van der Waals surface area (Å²) in [4.78, 5) is 20.1. The Balaban J connectivity index is 1.43. The van der Waals surface area contributed by atoms with Crippen molar-refractivity contribution in [3.8, 4) is 5.95 Å². The van der Waals surface area contributed by atoms with Gasteiger partial charge in [-0.05, 0) is 24.5 Å². The molecule has 0 aliphatic rings. The third-order valence-corrected chi connectivity index (χ3v) is 3.37. The fourth-order valence-corrected chi connectivity index (χ4v) is 2.22. The molecule has 0 aliphatic heterocycles. The van der Waals surface area contributed by atoms with Crippen LogP contribution in [0.2, 0.25) is 0 Å². The quantitative estimate of drug-likeness (QED) is 0.683. The minimum atomic E-state index is -0.253. The van der Waals surface area contributed by atoms with Gasteiger partial charge in [-0.1, -0.05) is 30.3 Å². The van der Waals surface area contributed by atoms with E-state index >= 15 is 0 Å². The molecule has 0 unspecified atom stereocenters. The Labute approximate surface area is 139 Å². The van der Waals surface area contributed by atoms with E-state index in [1.807, 2.05) is 18.2 Å². The van der Waals surface area contributed by atoms with Crippen molar-refractivity contribution in [2.24, 2.45) is 0 Å². The van der Waals surface area contributed by atoms with Gasteiger partial charge >= 0.3 is 6.03 Å². The third-order valence-electron chi connectivity index (χ3n) is 3.37. The number of hydrogen-bond acceptors (Lipinski definition) is 4. The number of carbonyl (C=O) groups is 1. The molecule has 0 radical (unpaired) electrons. The van der Waals surface area contributed by atoms with Crippen molar-refractivity contribution in [2.45, 2.75) is 12.8 Å². The SMILES string of the molecule is O=C(NCCCc1ccccc1)Nc1cnn(-c2ncccn2)c1. The molecule has 0 spiro atoms. The Morgan fingerprint density at radius 2 is 1.88 bits per heavy atom. The van der Waals surface area contributed by atoms with Crippen molar-refractivity contribution in [2.75, 3.05) is 11.9 Å². The monoisotopic (exact) mass is 322 g/mol. The van der Waals surface area contributed by atoms with Gasteiger partial charge in [0.1, 0.15) is 0 Å². The van der Waals surface area contributed by atoms with E-state index in [0.717, 1.165) is 12.8 Å². The second-order valence-corrected chi connectivity index (χ2v) is 5.19. The second-order valence-electron chi connectivity index (χ2n) is 5.19. The molecular weight excluding hydrogens is 304 g/mol. The summed E-state index contributed by atoms with van der Waals surface area (Å²) in [5, 5.41) is 9.70. The molecule has 0 saturated carbocycles. The van der Waals surface area contributed by atoms with Crippen LogP contribution in [0.4, 0.5) is 10.5 Å².